The van der Waals surface area contributed by atoms with Gasteiger partial charge in [-0.15, -0.1) is 0 Å². The highest BCUT2D eigenvalue weighted by atomic mass is 16.5. The van der Waals surface area contributed by atoms with Gasteiger partial charge in [0.2, 0.25) is 0 Å². The van der Waals surface area contributed by atoms with Gasteiger partial charge in [0, 0.05) is 18.3 Å². The van der Waals surface area contributed by atoms with Crippen molar-refractivity contribution in [2.75, 3.05) is 38.7 Å². The van der Waals surface area contributed by atoms with Crippen LogP contribution in [0.15, 0.2) is 24.3 Å². The van der Waals surface area contributed by atoms with E-state index in [2.05, 4.69) is 24.2 Å². The number of piperidine rings is 1. The minimum absolute atomic E-state index is 0.0487. The molecule has 1 saturated heterocycles. The Morgan fingerprint density at radius 1 is 1.37 bits per heavy atom. The predicted octanol–water partition coefficient (Wildman–Crippen LogP) is 1.81. The molecule has 19 heavy (non-hydrogen) atoms. The molecule has 4 nitrogen and oxygen atoms in total. The number of hydrogen-bond acceptors (Lipinski definition) is 4. The first-order valence-corrected chi connectivity index (χ1v) is 6.98. The maximum atomic E-state index is 8.71. The van der Waals surface area contributed by atoms with Crippen molar-refractivity contribution < 1.29 is 9.84 Å². The number of rotatable bonds is 5. The number of benzene rings is 1. The van der Waals surface area contributed by atoms with Crippen LogP contribution in [0, 0.1) is 5.92 Å². The molecule has 106 valence electrons. The number of likely N-dealkylation sites (tertiary alicyclic amines) is 1. The molecule has 0 spiro atoms. The zero-order valence-corrected chi connectivity index (χ0v) is 11.8. The van der Waals surface area contributed by atoms with Crippen molar-refractivity contribution in [3.63, 3.8) is 0 Å². The van der Waals surface area contributed by atoms with Gasteiger partial charge in [0.1, 0.15) is 12.4 Å². The van der Waals surface area contributed by atoms with Crippen LogP contribution in [0.4, 0.5) is 5.69 Å². The molecule has 4 heteroatoms. The van der Waals surface area contributed by atoms with Crippen LogP contribution in [0.3, 0.4) is 0 Å². The molecular weight excluding hydrogens is 240 g/mol. The fourth-order valence-corrected chi connectivity index (χ4v) is 2.59. The Kier molecular flexibility index (Phi) is 5.05. The van der Waals surface area contributed by atoms with Crippen molar-refractivity contribution in [3.05, 3.63) is 24.3 Å². The van der Waals surface area contributed by atoms with E-state index in [0.717, 1.165) is 24.5 Å². The van der Waals surface area contributed by atoms with Gasteiger partial charge >= 0.3 is 0 Å². The Balaban J connectivity index is 1.88. The smallest absolute Gasteiger partial charge is 0.119 e. The summed E-state index contributed by atoms with van der Waals surface area (Å²) >= 11 is 0. The molecule has 1 fully saturated rings. The van der Waals surface area contributed by atoms with Crippen LogP contribution in [0.1, 0.15) is 13.3 Å². The number of nitrogens with zero attached hydrogens (tertiary/aromatic N) is 1. The second-order valence-corrected chi connectivity index (χ2v) is 5.38. The van der Waals surface area contributed by atoms with Gasteiger partial charge in [0.15, 0.2) is 0 Å². The second-order valence-electron chi connectivity index (χ2n) is 5.38. The number of aliphatic hydroxyl groups is 1. The first-order chi connectivity index (χ1) is 9.19. The van der Waals surface area contributed by atoms with E-state index in [4.69, 9.17) is 9.84 Å². The Morgan fingerprint density at radius 2 is 2.11 bits per heavy atom. The molecule has 0 bridgehead atoms. The molecule has 0 saturated carbocycles. The number of anilines is 1. The van der Waals surface area contributed by atoms with Gasteiger partial charge in [0.25, 0.3) is 0 Å². The summed E-state index contributed by atoms with van der Waals surface area (Å²) in [7, 11) is 2.18. The monoisotopic (exact) mass is 264 g/mol. The molecule has 1 heterocycles. The summed E-state index contributed by atoms with van der Waals surface area (Å²) in [6.45, 7) is 4.99. The lowest BCUT2D eigenvalue weighted by Gasteiger charge is -2.35. The summed E-state index contributed by atoms with van der Waals surface area (Å²) in [4.78, 5) is 2.38. The Bertz CT molecular complexity index is 380. The average molecular weight is 264 g/mol. The van der Waals surface area contributed by atoms with Gasteiger partial charge in [-0.1, -0.05) is 6.92 Å². The SMILES string of the molecule is CC1CN(C)CCC1Nc1ccc(OCCO)cc1. The minimum atomic E-state index is 0.0487. The van der Waals surface area contributed by atoms with Crippen LogP contribution < -0.4 is 10.1 Å². The molecule has 2 rings (SSSR count). The Hall–Kier alpha value is -1.26. The first-order valence-electron chi connectivity index (χ1n) is 6.98. The Labute approximate surface area is 115 Å². The van der Waals surface area contributed by atoms with E-state index in [1.165, 1.54) is 6.42 Å². The van der Waals surface area contributed by atoms with E-state index in [1.54, 1.807) is 0 Å². The molecule has 2 unspecified atom stereocenters. The summed E-state index contributed by atoms with van der Waals surface area (Å²) in [6, 6.07) is 8.51. The van der Waals surface area contributed by atoms with Gasteiger partial charge in [-0.2, -0.15) is 0 Å². The van der Waals surface area contributed by atoms with Crippen LogP contribution in [0.2, 0.25) is 0 Å². The number of nitrogens with one attached hydrogen (secondary N) is 1. The van der Waals surface area contributed by atoms with Crippen LogP contribution in [0.5, 0.6) is 5.75 Å². The largest absolute Gasteiger partial charge is 0.491 e. The minimum Gasteiger partial charge on any atom is -0.491 e. The highest BCUT2D eigenvalue weighted by Gasteiger charge is 2.23. The maximum absolute atomic E-state index is 8.71. The lowest BCUT2D eigenvalue weighted by Crippen LogP contribution is -2.43. The van der Waals surface area contributed by atoms with Crippen molar-refractivity contribution in [1.29, 1.82) is 0 Å². The summed E-state index contributed by atoms with van der Waals surface area (Å²) in [5, 5.41) is 12.3. The summed E-state index contributed by atoms with van der Waals surface area (Å²) in [6.07, 6.45) is 1.18. The summed E-state index contributed by atoms with van der Waals surface area (Å²) in [5.74, 6) is 1.46. The zero-order valence-electron chi connectivity index (χ0n) is 11.8. The van der Waals surface area contributed by atoms with Crippen LogP contribution in [0.25, 0.3) is 0 Å². The Morgan fingerprint density at radius 3 is 2.74 bits per heavy atom. The van der Waals surface area contributed by atoms with E-state index in [1.807, 2.05) is 24.3 Å². The third kappa shape index (κ3) is 4.11. The first kappa shape index (κ1) is 14.2. The fourth-order valence-electron chi connectivity index (χ4n) is 2.59. The van der Waals surface area contributed by atoms with Gasteiger partial charge in [-0.3, -0.25) is 0 Å². The van der Waals surface area contributed by atoms with E-state index in [0.29, 0.717) is 18.6 Å². The predicted molar refractivity (Wildman–Crippen MR) is 77.7 cm³/mol. The van der Waals surface area contributed by atoms with E-state index in [-0.39, 0.29) is 6.61 Å². The highest BCUT2D eigenvalue weighted by molar-refractivity contribution is 5.47. The van der Waals surface area contributed by atoms with E-state index < -0.39 is 0 Å². The normalized spacial score (nSPS) is 24.2. The molecule has 0 aliphatic carbocycles. The molecule has 2 atom stereocenters. The molecule has 1 aliphatic heterocycles. The molecule has 1 aromatic carbocycles. The van der Waals surface area contributed by atoms with Gasteiger partial charge in [-0.25, -0.2) is 0 Å². The molecular formula is C15H24N2O2. The van der Waals surface area contributed by atoms with Crippen LogP contribution in [-0.2, 0) is 0 Å². The maximum Gasteiger partial charge on any atom is 0.119 e. The summed E-state index contributed by atoms with van der Waals surface area (Å²) in [5.41, 5.74) is 1.14. The van der Waals surface area contributed by atoms with Crippen molar-refractivity contribution in [3.8, 4) is 5.75 Å². The van der Waals surface area contributed by atoms with Crippen LogP contribution in [-0.4, -0.2) is 49.4 Å². The standard InChI is InChI=1S/C15H24N2O2/c1-12-11-17(2)8-7-15(12)16-13-3-5-14(6-4-13)19-10-9-18/h3-6,12,15-16,18H,7-11H2,1-2H3. The van der Waals surface area contributed by atoms with Crippen LogP contribution >= 0.6 is 0 Å². The van der Waals surface area contributed by atoms with Crippen molar-refractivity contribution in [2.45, 2.75) is 19.4 Å². The topological polar surface area (TPSA) is 44.7 Å². The molecule has 1 aliphatic rings. The zero-order chi connectivity index (χ0) is 13.7. The van der Waals surface area contributed by atoms with Crippen molar-refractivity contribution in [1.82, 2.24) is 4.90 Å². The van der Waals surface area contributed by atoms with Crippen molar-refractivity contribution in [2.24, 2.45) is 5.92 Å². The fraction of sp³-hybridized carbons (Fsp3) is 0.600. The molecule has 0 radical (unpaired) electrons. The highest BCUT2D eigenvalue weighted by Crippen LogP contribution is 2.22. The van der Waals surface area contributed by atoms with E-state index >= 15 is 0 Å². The molecule has 2 N–H and O–H groups in total. The molecule has 0 amide bonds. The lowest BCUT2D eigenvalue weighted by molar-refractivity contribution is 0.201. The van der Waals surface area contributed by atoms with Gasteiger partial charge < -0.3 is 20.1 Å². The molecule has 1 aromatic rings. The van der Waals surface area contributed by atoms with E-state index in [9.17, 15) is 0 Å². The average Bonchev–Trinajstić information content (AvgIpc) is 2.41. The number of ether oxygens (including phenoxy) is 1. The number of hydrogen-bond donors (Lipinski definition) is 2. The lowest BCUT2D eigenvalue weighted by atomic mass is 9.94. The third-order valence-corrected chi connectivity index (χ3v) is 3.67. The van der Waals surface area contributed by atoms with Gasteiger partial charge in [0.05, 0.1) is 6.61 Å². The second kappa shape index (κ2) is 6.78. The molecule has 0 aromatic heterocycles. The number of aliphatic hydroxyl groups excluding tert-OH is 1. The quantitative estimate of drug-likeness (QED) is 0.851. The third-order valence-electron chi connectivity index (χ3n) is 3.67. The van der Waals surface area contributed by atoms with Crippen molar-refractivity contribution >= 4 is 5.69 Å². The van der Waals surface area contributed by atoms with Gasteiger partial charge in [-0.05, 0) is 50.2 Å². The summed E-state index contributed by atoms with van der Waals surface area (Å²) < 4.78 is 5.35.